The summed E-state index contributed by atoms with van der Waals surface area (Å²) in [6.07, 6.45) is 0. The van der Waals surface area contributed by atoms with Gasteiger partial charge in [-0.1, -0.05) is 48.5 Å². The molecule has 2 aromatic carbocycles. The van der Waals surface area contributed by atoms with E-state index in [1.165, 1.54) is 0 Å². The number of nitrogens with one attached hydrogen (secondary N) is 1. The molecule has 6 heteroatoms. The number of ketones is 1. The molecular formula is C20H23NO5. The van der Waals surface area contributed by atoms with Crippen molar-refractivity contribution in [2.45, 2.75) is 18.4 Å². The van der Waals surface area contributed by atoms with E-state index in [1.807, 2.05) is 6.07 Å². The van der Waals surface area contributed by atoms with E-state index in [2.05, 4.69) is 5.32 Å². The molecule has 0 aliphatic carbocycles. The van der Waals surface area contributed by atoms with Gasteiger partial charge in [0.25, 0.3) is 0 Å². The number of benzene rings is 2. The third-order valence-electron chi connectivity index (χ3n) is 4.37. The van der Waals surface area contributed by atoms with E-state index in [0.717, 1.165) is 0 Å². The Labute approximate surface area is 152 Å². The van der Waals surface area contributed by atoms with Crippen LogP contribution in [0.15, 0.2) is 54.6 Å². The van der Waals surface area contributed by atoms with Gasteiger partial charge < -0.3 is 20.6 Å². The van der Waals surface area contributed by atoms with Crippen molar-refractivity contribution in [1.29, 1.82) is 0 Å². The van der Waals surface area contributed by atoms with Crippen LogP contribution in [0, 0.1) is 0 Å². The fourth-order valence-electron chi connectivity index (χ4n) is 2.50. The van der Waals surface area contributed by atoms with Crippen LogP contribution < -0.4 is 5.32 Å². The Kier molecular flexibility index (Phi) is 6.63. The van der Waals surface area contributed by atoms with Gasteiger partial charge in [0.1, 0.15) is 5.54 Å². The molecule has 0 aliphatic heterocycles. The monoisotopic (exact) mass is 357 g/mol. The molecule has 6 nitrogen and oxygen atoms in total. The quantitative estimate of drug-likeness (QED) is 0.524. The fraction of sp³-hybridized carbons (Fsp3) is 0.300. The Morgan fingerprint density at radius 3 is 2.08 bits per heavy atom. The van der Waals surface area contributed by atoms with Crippen LogP contribution in [0.4, 0.5) is 0 Å². The van der Waals surface area contributed by atoms with Crippen molar-refractivity contribution in [2.24, 2.45) is 0 Å². The van der Waals surface area contributed by atoms with Crippen LogP contribution in [-0.4, -0.2) is 52.4 Å². The maximum absolute atomic E-state index is 12.6. The smallest absolute Gasteiger partial charge is 0.227 e. The average molecular weight is 357 g/mol. The summed E-state index contributed by atoms with van der Waals surface area (Å²) in [5, 5.41) is 30.5. The Morgan fingerprint density at radius 2 is 1.50 bits per heavy atom. The molecule has 0 unspecified atom stereocenters. The maximum Gasteiger partial charge on any atom is 0.227 e. The van der Waals surface area contributed by atoms with Crippen molar-refractivity contribution in [3.63, 3.8) is 0 Å². The Morgan fingerprint density at radius 1 is 0.923 bits per heavy atom. The van der Waals surface area contributed by atoms with Crippen LogP contribution in [0.1, 0.15) is 34.3 Å². The van der Waals surface area contributed by atoms with E-state index >= 15 is 0 Å². The lowest BCUT2D eigenvalue weighted by Gasteiger charge is -2.30. The highest BCUT2D eigenvalue weighted by molar-refractivity contribution is 6.09. The topological polar surface area (TPSA) is 107 Å². The summed E-state index contributed by atoms with van der Waals surface area (Å²) in [6.45, 7) is -0.126. The average Bonchev–Trinajstić information content (AvgIpc) is 2.71. The minimum Gasteiger partial charge on any atom is -0.394 e. The van der Waals surface area contributed by atoms with Crippen molar-refractivity contribution < 1.29 is 24.9 Å². The van der Waals surface area contributed by atoms with E-state index in [-0.39, 0.29) is 5.78 Å². The predicted molar refractivity (Wildman–Crippen MR) is 96.9 cm³/mol. The highest BCUT2D eigenvalue weighted by atomic mass is 16.3. The Bertz CT molecular complexity index is 748. The molecule has 1 amide bonds. The number of rotatable bonds is 8. The van der Waals surface area contributed by atoms with E-state index in [9.17, 15) is 24.9 Å². The molecule has 0 aromatic heterocycles. The molecule has 2 aromatic rings. The van der Waals surface area contributed by atoms with Gasteiger partial charge in [-0.15, -0.1) is 0 Å². The molecule has 138 valence electrons. The van der Waals surface area contributed by atoms with Crippen LogP contribution in [0.25, 0.3) is 0 Å². The molecule has 0 saturated carbocycles. The van der Waals surface area contributed by atoms with Gasteiger partial charge in [0.15, 0.2) is 5.78 Å². The third kappa shape index (κ3) is 4.35. The number of aliphatic hydroxyl groups excluding tert-OH is 3. The zero-order valence-corrected chi connectivity index (χ0v) is 14.6. The lowest BCUT2D eigenvalue weighted by molar-refractivity contribution is -0.126. The minimum atomic E-state index is -1.48. The molecule has 0 bridgehead atoms. The second-order valence-electron chi connectivity index (χ2n) is 6.29. The van der Waals surface area contributed by atoms with Crippen LogP contribution in [0.3, 0.4) is 0 Å². The molecule has 1 atom stereocenters. The van der Waals surface area contributed by atoms with Crippen molar-refractivity contribution in [2.75, 3.05) is 19.8 Å². The number of aliphatic hydroxyl groups is 3. The Balaban J connectivity index is 2.21. The standard InChI is InChI=1S/C20H23NO5/c1-14(19(26)21-20(11-22,12-23)13-24)16-8-5-9-17(10-16)18(25)15-6-3-2-4-7-15/h2-10,14,22-24H,11-13H2,1H3,(H,21,26)/t14-/m0/s1. The first-order valence-electron chi connectivity index (χ1n) is 8.30. The molecule has 0 heterocycles. The first-order chi connectivity index (χ1) is 12.5. The van der Waals surface area contributed by atoms with Gasteiger partial charge in [-0.2, -0.15) is 0 Å². The normalized spacial score (nSPS) is 12.5. The summed E-state index contributed by atoms with van der Waals surface area (Å²) in [7, 11) is 0. The zero-order chi connectivity index (χ0) is 19.2. The van der Waals surface area contributed by atoms with Crippen molar-refractivity contribution in [1.82, 2.24) is 5.32 Å². The van der Waals surface area contributed by atoms with Gasteiger partial charge in [-0.3, -0.25) is 9.59 Å². The van der Waals surface area contributed by atoms with E-state index in [4.69, 9.17) is 0 Å². The van der Waals surface area contributed by atoms with E-state index in [1.54, 1.807) is 55.5 Å². The van der Waals surface area contributed by atoms with Gasteiger partial charge in [-0.25, -0.2) is 0 Å². The Hall–Kier alpha value is -2.54. The first kappa shape index (κ1) is 19.8. The molecule has 0 radical (unpaired) electrons. The van der Waals surface area contributed by atoms with Crippen molar-refractivity contribution in [3.8, 4) is 0 Å². The second-order valence-corrected chi connectivity index (χ2v) is 6.29. The number of amides is 1. The summed E-state index contributed by atoms with van der Waals surface area (Å²) in [4.78, 5) is 25.0. The summed E-state index contributed by atoms with van der Waals surface area (Å²) < 4.78 is 0. The summed E-state index contributed by atoms with van der Waals surface area (Å²) in [5.74, 6) is -1.25. The van der Waals surface area contributed by atoms with Crippen LogP contribution in [0.5, 0.6) is 0 Å². The van der Waals surface area contributed by atoms with Gasteiger partial charge in [-0.05, 0) is 18.6 Å². The molecule has 26 heavy (non-hydrogen) atoms. The number of carbonyl (C=O) groups is 2. The largest absolute Gasteiger partial charge is 0.394 e. The molecule has 0 saturated heterocycles. The molecule has 2 rings (SSSR count). The summed E-state index contributed by atoms with van der Waals surface area (Å²) in [6, 6.07) is 15.6. The first-order valence-corrected chi connectivity index (χ1v) is 8.30. The summed E-state index contributed by atoms with van der Waals surface area (Å²) in [5.41, 5.74) is 0.155. The molecular weight excluding hydrogens is 334 g/mol. The van der Waals surface area contributed by atoms with E-state index < -0.39 is 37.2 Å². The second kappa shape index (κ2) is 8.71. The molecule has 4 N–H and O–H groups in total. The van der Waals surface area contributed by atoms with Crippen LogP contribution in [-0.2, 0) is 4.79 Å². The van der Waals surface area contributed by atoms with Crippen LogP contribution in [0.2, 0.25) is 0 Å². The minimum absolute atomic E-state index is 0.143. The highest BCUT2D eigenvalue weighted by Gasteiger charge is 2.32. The lowest BCUT2D eigenvalue weighted by Crippen LogP contribution is -2.57. The van der Waals surface area contributed by atoms with Crippen LogP contribution >= 0.6 is 0 Å². The molecule has 0 spiro atoms. The SMILES string of the molecule is C[C@H](C(=O)NC(CO)(CO)CO)c1cccc(C(=O)c2ccccc2)c1. The zero-order valence-electron chi connectivity index (χ0n) is 14.6. The summed E-state index contributed by atoms with van der Waals surface area (Å²) >= 11 is 0. The maximum atomic E-state index is 12.6. The van der Waals surface area contributed by atoms with Gasteiger partial charge in [0.2, 0.25) is 5.91 Å². The number of hydrogen-bond donors (Lipinski definition) is 4. The molecule has 0 fully saturated rings. The fourth-order valence-corrected chi connectivity index (χ4v) is 2.50. The van der Waals surface area contributed by atoms with Gasteiger partial charge >= 0.3 is 0 Å². The predicted octanol–water partition coefficient (Wildman–Crippen LogP) is 0.853. The van der Waals surface area contributed by atoms with Gasteiger partial charge in [0.05, 0.1) is 25.7 Å². The van der Waals surface area contributed by atoms with Crippen molar-refractivity contribution in [3.05, 3.63) is 71.3 Å². The third-order valence-corrected chi connectivity index (χ3v) is 4.37. The number of hydrogen-bond acceptors (Lipinski definition) is 5. The number of carbonyl (C=O) groups excluding carboxylic acids is 2. The van der Waals surface area contributed by atoms with Gasteiger partial charge in [0, 0.05) is 11.1 Å². The molecule has 0 aliphatic rings. The van der Waals surface area contributed by atoms with Crippen molar-refractivity contribution >= 4 is 11.7 Å². The van der Waals surface area contributed by atoms with E-state index in [0.29, 0.717) is 16.7 Å². The lowest BCUT2D eigenvalue weighted by atomic mass is 9.94. The highest BCUT2D eigenvalue weighted by Crippen LogP contribution is 2.20.